The minimum atomic E-state index is -1.06. The minimum absolute atomic E-state index is 0.389. The van der Waals surface area contributed by atoms with Gasteiger partial charge >= 0.3 is 5.97 Å². The maximum absolute atomic E-state index is 11.3. The Morgan fingerprint density at radius 2 is 2.19 bits per heavy atom. The summed E-state index contributed by atoms with van der Waals surface area (Å²) in [6.45, 7) is 7.54. The van der Waals surface area contributed by atoms with Gasteiger partial charge in [0, 0.05) is 6.42 Å². The molecule has 0 spiro atoms. The summed E-state index contributed by atoms with van der Waals surface area (Å²) in [6, 6.07) is 0. The van der Waals surface area contributed by atoms with Gasteiger partial charge in [-0.1, -0.05) is 20.8 Å². The predicted octanol–water partition coefficient (Wildman–Crippen LogP) is 1.08. The average Bonchev–Trinajstić information content (AvgIpc) is 2.63. The Labute approximate surface area is 94.7 Å². The van der Waals surface area contributed by atoms with Crippen LogP contribution in [0.1, 0.15) is 39.9 Å². The number of hydrogen-bond acceptors (Lipinski definition) is 4. The van der Waals surface area contributed by atoms with Gasteiger partial charge in [0.25, 0.3) is 0 Å². The van der Waals surface area contributed by atoms with Crippen LogP contribution in [0.15, 0.2) is 0 Å². The van der Waals surface area contributed by atoms with E-state index in [1.54, 1.807) is 6.92 Å². The van der Waals surface area contributed by atoms with Crippen LogP contribution in [-0.2, 0) is 16.8 Å². The maximum Gasteiger partial charge on any atom is 0.331 e. The molecule has 0 aliphatic heterocycles. The Kier molecular flexibility index (Phi) is 3.62. The van der Waals surface area contributed by atoms with Crippen molar-refractivity contribution in [2.75, 3.05) is 0 Å². The van der Waals surface area contributed by atoms with Gasteiger partial charge in [-0.2, -0.15) is 0 Å². The van der Waals surface area contributed by atoms with Crippen molar-refractivity contribution in [2.24, 2.45) is 5.92 Å². The molecule has 1 atom stereocenters. The van der Waals surface area contributed by atoms with E-state index < -0.39 is 11.5 Å². The van der Waals surface area contributed by atoms with E-state index in [0.717, 1.165) is 0 Å². The van der Waals surface area contributed by atoms with Gasteiger partial charge in [0.1, 0.15) is 0 Å². The highest BCUT2D eigenvalue weighted by Crippen LogP contribution is 2.21. The Bertz CT molecular complexity index is 375. The highest BCUT2D eigenvalue weighted by molar-refractivity contribution is 5.76. The molecule has 1 aromatic heterocycles. The topological polar surface area (TPSA) is 80.9 Å². The molecule has 1 aromatic rings. The van der Waals surface area contributed by atoms with Crippen molar-refractivity contribution in [2.45, 2.75) is 46.1 Å². The van der Waals surface area contributed by atoms with Crippen molar-refractivity contribution in [3.8, 4) is 0 Å². The first-order chi connectivity index (χ1) is 7.41. The number of rotatable bonds is 5. The number of carboxylic acid groups (broad SMARTS) is 1. The smallest absolute Gasteiger partial charge is 0.331 e. The van der Waals surface area contributed by atoms with E-state index in [0.29, 0.717) is 24.6 Å². The molecule has 1 unspecified atom stereocenters. The van der Waals surface area contributed by atoms with Crippen molar-refractivity contribution < 1.29 is 9.90 Å². The molecule has 1 N–H and O–H groups in total. The zero-order valence-electron chi connectivity index (χ0n) is 10.1. The molecular formula is C10H18N4O2. The molecule has 0 saturated carbocycles. The Morgan fingerprint density at radius 3 is 2.62 bits per heavy atom. The molecule has 0 amide bonds. The van der Waals surface area contributed by atoms with Gasteiger partial charge in [0.05, 0.1) is 0 Å². The van der Waals surface area contributed by atoms with Crippen LogP contribution in [0.5, 0.6) is 0 Å². The summed E-state index contributed by atoms with van der Waals surface area (Å²) in [5.41, 5.74) is -1.06. The molecule has 0 aliphatic carbocycles. The second-order valence-corrected chi connectivity index (χ2v) is 4.54. The van der Waals surface area contributed by atoms with Gasteiger partial charge < -0.3 is 5.11 Å². The molecule has 16 heavy (non-hydrogen) atoms. The number of hydrogen-bond donors (Lipinski definition) is 1. The third-order valence-corrected chi connectivity index (χ3v) is 2.74. The van der Waals surface area contributed by atoms with Gasteiger partial charge in [-0.25, -0.2) is 9.48 Å². The molecule has 1 heterocycles. The second kappa shape index (κ2) is 4.59. The van der Waals surface area contributed by atoms with Crippen LogP contribution in [0.3, 0.4) is 0 Å². The van der Waals surface area contributed by atoms with Crippen molar-refractivity contribution in [1.82, 2.24) is 20.2 Å². The normalized spacial score (nSPS) is 15.1. The fourth-order valence-electron chi connectivity index (χ4n) is 1.47. The van der Waals surface area contributed by atoms with Gasteiger partial charge in [0.15, 0.2) is 11.4 Å². The van der Waals surface area contributed by atoms with Crippen molar-refractivity contribution in [1.29, 1.82) is 0 Å². The lowest BCUT2D eigenvalue weighted by atomic mass is 9.99. The number of carboxylic acids is 1. The summed E-state index contributed by atoms with van der Waals surface area (Å²) in [7, 11) is 0. The van der Waals surface area contributed by atoms with Crippen LogP contribution >= 0.6 is 0 Å². The van der Waals surface area contributed by atoms with E-state index in [1.807, 2.05) is 20.8 Å². The van der Waals surface area contributed by atoms with Crippen LogP contribution in [-0.4, -0.2) is 31.3 Å². The summed E-state index contributed by atoms with van der Waals surface area (Å²) in [4.78, 5) is 11.3. The quantitative estimate of drug-likeness (QED) is 0.812. The maximum atomic E-state index is 11.3. The van der Waals surface area contributed by atoms with Gasteiger partial charge in [-0.05, 0) is 29.7 Å². The van der Waals surface area contributed by atoms with E-state index in [9.17, 15) is 9.90 Å². The average molecular weight is 226 g/mol. The monoisotopic (exact) mass is 226 g/mol. The number of tetrazole rings is 1. The predicted molar refractivity (Wildman–Crippen MR) is 57.9 cm³/mol. The molecule has 90 valence electrons. The summed E-state index contributed by atoms with van der Waals surface area (Å²) < 4.78 is 1.43. The van der Waals surface area contributed by atoms with Crippen LogP contribution < -0.4 is 0 Å². The standard InChI is InChI=1S/C10H18N4O2/c1-5-10(4,9(15)16)14-8(6-7(2)3)11-12-13-14/h7H,5-6H2,1-4H3,(H,15,16). The fraction of sp³-hybridized carbons (Fsp3) is 0.800. The van der Waals surface area contributed by atoms with Crippen LogP contribution in [0.25, 0.3) is 0 Å². The lowest BCUT2D eigenvalue weighted by molar-refractivity contribution is -0.147. The van der Waals surface area contributed by atoms with Gasteiger partial charge in [-0.3, -0.25) is 0 Å². The molecule has 6 heteroatoms. The van der Waals surface area contributed by atoms with E-state index in [-0.39, 0.29) is 0 Å². The van der Waals surface area contributed by atoms with Crippen LogP contribution in [0, 0.1) is 5.92 Å². The zero-order chi connectivity index (χ0) is 12.3. The lowest BCUT2D eigenvalue weighted by Gasteiger charge is -2.24. The summed E-state index contributed by atoms with van der Waals surface area (Å²) in [6.07, 6.45) is 1.12. The van der Waals surface area contributed by atoms with Crippen molar-refractivity contribution >= 4 is 5.97 Å². The summed E-state index contributed by atoms with van der Waals surface area (Å²) >= 11 is 0. The van der Waals surface area contributed by atoms with Crippen molar-refractivity contribution in [3.63, 3.8) is 0 Å². The second-order valence-electron chi connectivity index (χ2n) is 4.54. The SMILES string of the molecule is CCC(C)(C(=O)O)n1nnnc1CC(C)C. The lowest BCUT2D eigenvalue weighted by Crippen LogP contribution is -2.40. The minimum Gasteiger partial charge on any atom is -0.479 e. The molecular weight excluding hydrogens is 208 g/mol. The first-order valence-corrected chi connectivity index (χ1v) is 5.43. The highest BCUT2D eigenvalue weighted by Gasteiger charge is 2.36. The molecule has 0 aromatic carbocycles. The van der Waals surface area contributed by atoms with Crippen LogP contribution in [0.4, 0.5) is 0 Å². The summed E-state index contributed by atoms with van der Waals surface area (Å²) in [5, 5.41) is 20.5. The third-order valence-electron chi connectivity index (χ3n) is 2.74. The Hall–Kier alpha value is -1.46. The molecule has 0 fully saturated rings. The first kappa shape index (κ1) is 12.6. The first-order valence-electron chi connectivity index (χ1n) is 5.43. The highest BCUT2D eigenvalue weighted by atomic mass is 16.4. The van der Waals surface area contributed by atoms with Gasteiger partial charge in [0.2, 0.25) is 0 Å². The molecule has 1 rings (SSSR count). The number of aromatic nitrogens is 4. The Morgan fingerprint density at radius 1 is 1.56 bits per heavy atom. The number of carbonyl (C=O) groups is 1. The molecule has 0 saturated heterocycles. The largest absolute Gasteiger partial charge is 0.479 e. The van der Waals surface area contributed by atoms with E-state index in [2.05, 4.69) is 15.5 Å². The van der Waals surface area contributed by atoms with E-state index >= 15 is 0 Å². The molecule has 0 bridgehead atoms. The fourth-order valence-corrected chi connectivity index (χ4v) is 1.47. The van der Waals surface area contributed by atoms with Crippen LogP contribution in [0.2, 0.25) is 0 Å². The zero-order valence-corrected chi connectivity index (χ0v) is 10.1. The van der Waals surface area contributed by atoms with E-state index in [1.165, 1.54) is 4.68 Å². The third kappa shape index (κ3) is 2.20. The summed E-state index contributed by atoms with van der Waals surface area (Å²) in [5.74, 6) is 0.105. The molecule has 0 aliphatic rings. The number of aliphatic carboxylic acids is 1. The molecule has 6 nitrogen and oxygen atoms in total. The Balaban J connectivity index is 3.11. The van der Waals surface area contributed by atoms with Crippen molar-refractivity contribution in [3.05, 3.63) is 5.82 Å². The van der Waals surface area contributed by atoms with E-state index in [4.69, 9.17) is 0 Å². The number of nitrogens with zero attached hydrogens (tertiary/aromatic N) is 4. The molecule has 0 radical (unpaired) electrons. The van der Waals surface area contributed by atoms with Gasteiger partial charge in [-0.15, -0.1) is 5.10 Å².